The Hall–Kier alpha value is -2.14. The zero-order chi connectivity index (χ0) is 15.9. The Morgan fingerprint density at radius 3 is 2.64 bits per heavy atom. The van der Waals surface area contributed by atoms with Crippen LogP contribution in [-0.2, 0) is 5.41 Å². The number of carbonyl (C=O) groups is 1. The summed E-state index contributed by atoms with van der Waals surface area (Å²) in [6.07, 6.45) is 0. The number of rotatable bonds is 3. The van der Waals surface area contributed by atoms with Gasteiger partial charge in [-0.15, -0.1) is 0 Å². The number of aliphatic imine (C=N–C) groups is 1. The fourth-order valence-corrected chi connectivity index (χ4v) is 3.30. The van der Waals surface area contributed by atoms with Crippen LogP contribution in [0, 0.1) is 0 Å². The van der Waals surface area contributed by atoms with Gasteiger partial charge in [0.1, 0.15) is 5.03 Å². The fraction of sp³-hybridized carbons (Fsp3) is 0.235. The van der Waals surface area contributed by atoms with Crippen LogP contribution in [0.5, 0.6) is 0 Å². The van der Waals surface area contributed by atoms with Crippen LogP contribution in [0.1, 0.15) is 36.7 Å². The van der Waals surface area contributed by atoms with Gasteiger partial charge in [0.25, 0.3) is 0 Å². The SMILES string of the molecule is CC1=Nc2nc(Sc3ccccc3C(=O)O)ccc2C1(C)C. The number of carboxylic acid groups (broad SMARTS) is 1. The fourth-order valence-electron chi connectivity index (χ4n) is 2.40. The molecule has 1 aliphatic heterocycles. The molecule has 2 heterocycles. The number of fused-ring (bicyclic) bond motifs is 1. The molecule has 5 heteroatoms. The number of hydrogen-bond acceptors (Lipinski definition) is 4. The van der Waals surface area contributed by atoms with Crippen molar-refractivity contribution in [2.24, 2.45) is 4.99 Å². The summed E-state index contributed by atoms with van der Waals surface area (Å²) in [6, 6.07) is 10.9. The molecule has 1 N–H and O–H groups in total. The summed E-state index contributed by atoms with van der Waals surface area (Å²) in [5.41, 5.74) is 2.35. The molecule has 112 valence electrons. The highest BCUT2D eigenvalue weighted by Gasteiger charge is 2.33. The van der Waals surface area contributed by atoms with Crippen LogP contribution in [-0.4, -0.2) is 21.8 Å². The van der Waals surface area contributed by atoms with E-state index < -0.39 is 5.97 Å². The predicted octanol–water partition coefficient (Wildman–Crippen LogP) is 4.31. The predicted molar refractivity (Wildman–Crippen MR) is 87.6 cm³/mol. The molecule has 0 unspecified atom stereocenters. The van der Waals surface area contributed by atoms with E-state index >= 15 is 0 Å². The van der Waals surface area contributed by atoms with E-state index in [9.17, 15) is 9.90 Å². The smallest absolute Gasteiger partial charge is 0.336 e. The molecule has 1 aromatic heterocycles. The first kappa shape index (κ1) is 14.8. The van der Waals surface area contributed by atoms with Gasteiger partial charge in [-0.1, -0.05) is 43.8 Å². The lowest BCUT2D eigenvalue weighted by Crippen LogP contribution is -2.22. The van der Waals surface area contributed by atoms with E-state index in [4.69, 9.17) is 0 Å². The molecule has 0 bridgehead atoms. The minimum atomic E-state index is -0.931. The summed E-state index contributed by atoms with van der Waals surface area (Å²) in [5.74, 6) is -0.195. The van der Waals surface area contributed by atoms with Gasteiger partial charge in [0.05, 0.1) is 5.56 Å². The Kier molecular flexibility index (Phi) is 3.53. The third-order valence-electron chi connectivity index (χ3n) is 4.03. The average molecular weight is 312 g/mol. The molecule has 0 saturated heterocycles. The van der Waals surface area contributed by atoms with Crippen LogP contribution < -0.4 is 0 Å². The van der Waals surface area contributed by atoms with Crippen LogP contribution in [0.4, 0.5) is 5.82 Å². The number of aromatic nitrogens is 1. The minimum Gasteiger partial charge on any atom is -0.478 e. The van der Waals surface area contributed by atoms with Gasteiger partial charge >= 0.3 is 5.97 Å². The monoisotopic (exact) mass is 312 g/mol. The van der Waals surface area contributed by atoms with Crippen molar-refractivity contribution in [1.82, 2.24) is 4.98 Å². The molecular formula is C17H16N2O2S. The zero-order valence-electron chi connectivity index (χ0n) is 12.6. The van der Waals surface area contributed by atoms with E-state index in [2.05, 4.69) is 23.8 Å². The van der Waals surface area contributed by atoms with E-state index in [0.29, 0.717) is 4.90 Å². The largest absolute Gasteiger partial charge is 0.478 e. The van der Waals surface area contributed by atoms with E-state index in [-0.39, 0.29) is 11.0 Å². The molecular weight excluding hydrogens is 296 g/mol. The molecule has 1 aliphatic rings. The van der Waals surface area contributed by atoms with Crippen molar-refractivity contribution in [3.05, 3.63) is 47.5 Å². The average Bonchev–Trinajstić information content (AvgIpc) is 2.69. The number of aromatic carboxylic acids is 1. The van der Waals surface area contributed by atoms with E-state index in [1.807, 2.05) is 25.1 Å². The molecule has 0 aliphatic carbocycles. The molecule has 0 radical (unpaired) electrons. The van der Waals surface area contributed by atoms with Crippen molar-refractivity contribution in [1.29, 1.82) is 0 Å². The molecule has 0 fully saturated rings. The number of hydrogen-bond donors (Lipinski definition) is 1. The molecule has 4 nitrogen and oxygen atoms in total. The highest BCUT2D eigenvalue weighted by Crippen LogP contribution is 2.40. The van der Waals surface area contributed by atoms with Gasteiger partial charge in [0.15, 0.2) is 5.82 Å². The molecule has 0 saturated carbocycles. The summed E-state index contributed by atoms with van der Waals surface area (Å²) in [6.45, 7) is 6.27. The van der Waals surface area contributed by atoms with E-state index in [1.165, 1.54) is 11.8 Å². The molecule has 1 aromatic carbocycles. The third-order valence-corrected chi connectivity index (χ3v) is 5.05. The Bertz CT molecular complexity index is 797. The maximum absolute atomic E-state index is 11.3. The van der Waals surface area contributed by atoms with Gasteiger partial charge in [-0.2, -0.15) is 0 Å². The Labute approximate surface area is 133 Å². The van der Waals surface area contributed by atoms with Crippen molar-refractivity contribution < 1.29 is 9.90 Å². The lowest BCUT2D eigenvalue weighted by atomic mass is 9.83. The lowest BCUT2D eigenvalue weighted by molar-refractivity contribution is 0.0693. The van der Waals surface area contributed by atoms with Crippen LogP contribution in [0.15, 0.2) is 51.3 Å². The summed E-state index contributed by atoms with van der Waals surface area (Å²) in [5, 5.41) is 10.00. The highest BCUT2D eigenvalue weighted by molar-refractivity contribution is 7.99. The first-order valence-corrected chi connectivity index (χ1v) is 7.78. The second kappa shape index (κ2) is 5.25. The van der Waals surface area contributed by atoms with Gasteiger partial charge in [0, 0.05) is 21.6 Å². The van der Waals surface area contributed by atoms with Gasteiger partial charge in [-0.25, -0.2) is 14.8 Å². The standard InChI is InChI=1S/C17H16N2O2S/c1-10-17(2,3)12-8-9-14(19-15(12)18-10)22-13-7-5-4-6-11(13)16(20)21/h4-9H,1-3H3,(H,20,21). The first-order chi connectivity index (χ1) is 10.4. The summed E-state index contributed by atoms with van der Waals surface area (Å²) in [4.78, 5) is 21.1. The third kappa shape index (κ3) is 2.41. The summed E-state index contributed by atoms with van der Waals surface area (Å²) < 4.78 is 0. The van der Waals surface area contributed by atoms with Crippen molar-refractivity contribution in [2.45, 2.75) is 36.1 Å². The molecule has 3 rings (SSSR count). The highest BCUT2D eigenvalue weighted by atomic mass is 32.2. The number of benzene rings is 1. The second-order valence-corrected chi connectivity index (χ2v) is 6.81. The Morgan fingerprint density at radius 2 is 1.91 bits per heavy atom. The van der Waals surface area contributed by atoms with Crippen molar-refractivity contribution in [3.63, 3.8) is 0 Å². The second-order valence-electron chi connectivity index (χ2n) is 5.75. The van der Waals surface area contributed by atoms with Crippen LogP contribution >= 0.6 is 11.8 Å². The molecule has 22 heavy (non-hydrogen) atoms. The summed E-state index contributed by atoms with van der Waals surface area (Å²) in [7, 11) is 0. The van der Waals surface area contributed by atoms with E-state index in [1.54, 1.807) is 18.2 Å². The molecule has 0 spiro atoms. The minimum absolute atomic E-state index is 0.0928. The van der Waals surface area contributed by atoms with Crippen LogP contribution in [0.25, 0.3) is 0 Å². The van der Waals surface area contributed by atoms with Crippen molar-refractivity contribution in [2.75, 3.05) is 0 Å². The number of carboxylic acids is 1. The normalized spacial score (nSPS) is 15.3. The maximum atomic E-state index is 11.3. The van der Waals surface area contributed by atoms with Crippen molar-refractivity contribution >= 4 is 29.3 Å². The van der Waals surface area contributed by atoms with Gasteiger partial charge in [-0.3, -0.25) is 0 Å². The zero-order valence-corrected chi connectivity index (χ0v) is 13.4. The number of nitrogens with zero attached hydrogens (tertiary/aromatic N) is 2. The maximum Gasteiger partial charge on any atom is 0.336 e. The first-order valence-electron chi connectivity index (χ1n) is 6.97. The molecule has 0 amide bonds. The molecule has 2 aromatic rings. The van der Waals surface area contributed by atoms with Gasteiger partial charge in [0.2, 0.25) is 0 Å². The van der Waals surface area contributed by atoms with Crippen molar-refractivity contribution in [3.8, 4) is 0 Å². The quantitative estimate of drug-likeness (QED) is 0.917. The lowest BCUT2D eigenvalue weighted by Gasteiger charge is -2.19. The summed E-state index contributed by atoms with van der Waals surface area (Å²) >= 11 is 1.35. The molecule has 0 atom stereocenters. The Balaban J connectivity index is 1.97. The van der Waals surface area contributed by atoms with Crippen LogP contribution in [0.3, 0.4) is 0 Å². The topological polar surface area (TPSA) is 62.5 Å². The van der Waals surface area contributed by atoms with Gasteiger partial charge in [-0.05, 0) is 25.1 Å². The number of pyridine rings is 1. The van der Waals surface area contributed by atoms with Crippen LogP contribution in [0.2, 0.25) is 0 Å². The van der Waals surface area contributed by atoms with Gasteiger partial charge < -0.3 is 5.11 Å². The van der Waals surface area contributed by atoms with E-state index in [0.717, 1.165) is 22.1 Å². The Morgan fingerprint density at radius 1 is 1.18 bits per heavy atom.